The van der Waals surface area contributed by atoms with Crippen molar-refractivity contribution in [2.75, 3.05) is 26.2 Å². The minimum atomic E-state index is -3.65. The first-order valence-electron chi connectivity index (χ1n) is 9.18. The zero-order valence-electron chi connectivity index (χ0n) is 16.6. The van der Waals surface area contributed by atoms with Crippen LogP contribution in [0.25, 0.3) is 0 Å². The van der Waals surface area contributed by atoms with E-state index in [1.54, 1.807) is 37.3 Å². The van der Waals surface area contributed by atoms with E-state index in [1.807, 2.05) is 26.8 Å². The molecule has 1 saturated heterocycles. The Morgan fingerprint density at radius 3 is 1.75 bits per heavy atom. The number of benzene rings is 2. The molecule has 0 saturated carbocycles. The number of hydrogen-bond acceptors (Lipinski definition) is 4. The van der Waals surface area contributed by atoms with Crippen LogP contribution in [-0.2, 0) is 20.0 Å². The third-order valence-corrected chi connectivity index (χ3v) is 9.21. The zero-order valence-corrected chi connectivity index (χ0v) is 18.3. The van der Waals surface area contributed by atoms with Gasteiger partial charge >= 0.3 is 0 Å². The fraction of sp³-hybridized carbons (Fsp3) is 0.400. The molecule has 0 spiro atoms. The van der Waals surface area contributed by atoms with Crippen molar-refractivity contribution in [3.63, 3.8) is 0 Å². The van der Waals surface area contributed by atoms with Crippen molar-refractivity contribution in [3.8, 4) is 0 Å². The van der Waals surface area contributed by atoms with Crippen molar-refractivity contribution in [1.29, 1.82) is 0 Å². The first-order valence-corrected chi connectivity index (χ1v) is 12.1. The first-order chi connectivity index (χ1) is 13.0. The van der Waals surface area contributed by atoms with Crippen molar-refractivity contribution in [2.24, 2.45) is 0 Å². The summed E-state index contributed by atoms with van der Waals surface area (Å²) >= 11 is 0. The lowest BCUT2D eigenvalue weighted by Gasteiger charge is -2.33. The van der Waals surface area contributed by atoms with Crippen LogP contribution < -0.4 is 0 Å². The van der Waals surface area contributed by atoms with Gasteiger partial charge in [0.25, 0.3) is 0 Å². The molecule has 2 aromatic carbocycles. The zero-order chi connectivity index (χ0) is 20.7. The van der Waals surface area contributed by atoms with Crippen molar-refractivity contribution in [1.82, 2.24) is 8.61 Å². The first kappa shape index (κ1) is 21.0. The van der Waals surface area contributed by atoms with Crippen LogP contribution in [0.2, 0.25) is 0 Å². The molecule has 2 aromatic rings. The third kappa shape index (κ3) is 3.87. The summed E-state index contributed by atoms with van der Waals surface area (Å²) in [6, 6.07) is 10.4. The van der Waals surface area contributed by atoms with Gasteiger partial charge < -0.3 is 0 Å². The number of aryl methyl sites for hydroxylation is 4. The fourth-order valence-corrected chi connectivity index (χ4v) is 6.54. The summed E-state index contributed by atoms with van der Waals surface area (Å²) in [6.07, 6.45) is 0. The number of sulfonamides is 2. The summed E-state index contributed by atoms with van der Waals surface area (Å²) in [4.78, 5) is 0.541. The van der Waals surface area contributed by atoms with Crippen LogP contribution in [0.3, 0.4) is 0 Å². The smallest absolute Gasteiger partial charge is 0.207 e. The molecule has 152 valence electrons. The van der Waals surface area contributed by atoms with E-state index in [0.29, 0.717) is 5.56 Å². The molecule has 0 aliphatic carbocycles. The Morgan fingerprint density at radius 2 is 1.18 bits per heavy atom. The van der Waals surface area contributed by atoms with Gasteiger partial charge in [-0.25, -0.2) is 16.8 Å². The summed E-state index contributed by atoms with van der Waals surface area (Å²) < 4.78 is 54.7. The number of piperazine rings is 1. The van der Waals surface area contributed by atoms with Crippen LogP contribution in [0, 0.1) is 27.7 Å². The molecule has 1 aliphatic rings. The van der Waals surface area contributed by atoms with Crippen molar-refractivity contribution >= 4 is 20.0 Å². The SMILES string of the molecule is Cc1ccc(C)c(S(=O)(=O)N2CCN(S(=O)(=O)c3ccc(C)c(C)c3)CC2)c1. The lowest BCUT2D eigenvalue weighted by molar-refractivity contribution is 0.272. The highest BCUT2D eigenvalue weighted by atomic mass is 32.2. The Kier molecular flexibility index (Phi) is 5.69. The second-order valence-electron chi connectivity index (χ2n) is 7.32. The number of nitrogens with zero attached hydrogens (tertiary/aromatic N) is 2. The van der Waals surface area contributed by atoms with Crippen LogP contribution in [0.15, 0.2) is 46.2 Å². The average molecular weight is 423 g/mol. The maximum absolute atomic E-state index is 13.0. The van der Waals surface area contributed by atoms with Crippen molar-refractivity contribution in [3.05, 3.63) is 58.7 Å². The van der Waals surface area contributed by atoms with E-state index in [-0.39, 0.29) is 36.0 Å². The number of rotatable bonds is 4. The highest BCUT2D eigenvalue weighted by molar-refractivity contribution is 7.89. The standard InChI is InChI=1S/C20H26N2O4S2/c1-15-5-6-17(3)20(13-15)28(25,26)22-11-9-21(10-12-22)27(23,24)19-8-7-16(2)18(4)14-19/h5-8,13-14H,9-12H2,1-4H3. The monoisotopic (exact) mass is 422 g/mol. The molecule has 8 heteroatoms. The molecular formula is C20H26N2O4S2. The molecule has 0 N–H and O–H groups in total. The van der Waals surface area contributed by atoms with Crippen LogP contribution >= 0.6 is 0 Å². The normalized spacial score (nSPS) is 17.0. The second kappa shape index (κ2) is 7.59. The minimum Gasteiger partial charge on any atom is -0.207 e. The van der Waals surface area contributed by atoms with Gasteiger partial charge in [0, 0.05) is 26.2 Å². The molecule has 6 nitrogen and oxygen atoms in total. The van der Waals surface area contributed by atoms with Gasteiger partial charge in [-0.2, -0.15) is 8.61 Å². The third-order valence-electron chi connectivity index (χ3n) is 5.28. The number of hydrogen-bond donors (Lipinski definition) is 0. The fourth-order valence-electron chi connectivity index (χ4n) is 3.30. The van der Waals surface area contributed by atoms with Gasteiger partial charge in [-0.15, -0.1) is 0 Å². The summed E-state index contributed by atoms with van der Waals surface area (Å²) in [6.45, 7) is 7.99. The molecule has 0 bridgehead atoms. The van der Waals surface area contributed by atoms with Crippen LogP contribution in [0.4, 0.5) is 0 Å². The predicted molar refractivity (Wildman–Crippen MR) is 109 cm³/mol. The van der Waals surface area contributed by atoms with Crippen LogP contribution in [0.5, 0.6) is 0 Å². The quantitative estimate of drug-likeness (QED) is 0.759. The molecule has 3 rings (SSSR count). The van der Waals surface area contributed by atoms with E-state index in [1.165, 1.54) is 8.61 Å². The molecule has 1 heterocycles. The summed E-state index contributed by atoms with van der Waals surface area (Å²) in [5.41, 5.74) is 3.51. The highest BCUT2D eigenvalue weighted by Crippen LogP contribution is 2.25. The van der Waals surface area contributed by atoms with Crippen LogP contribution in [0.1, 0.15) is 22.3 Å². The Labute approximate surface area is 167 Å². The van der Waals surface area contributed by atoms with Gasteiger partial charge in [-0.3, -0.25) is 0 Å². The molecule has 0 aromatic heterocycles. The summed E-state index contributed by atoms with van der Waals surface area (Å²) in [5.74, 6) is 0. The van der Waals surface area contributed by atoms with Gasteiger partial charge in [0.1, 0.15) is 0 Å². The van der Waals surface area contributed by atoms with E-state index in [2.05, 4.69) is 0 Å². The molecule has 1 fully saturated rings. The maximum Gasteiger partial charge on any atom is 0.243 e. The molecule has 0 amide bonds. The lowest BCUT2D eigenvalue weighted by atomic mass is 10.1. The Balaban J connectivity index is 1.80. The topological polar surface area (TPSA) is 74.8 Å². The van der Waals surface area contributed by atoms with Gasteiger partial charge in [-0.1, -0.05) is 18.2 Å². The van der Waals surface area contributed by atoms with Gasteiger partial charge in [0.15, 0.2) is 0 Å². The Hall–Kier alpha value is -1.74. The van der Waals surface area contributed by atoms with E-state index in [0.717, 1.165) is 16.7 Å². The highest BCUT2D eigenvalue weighted by Gasteiger charge is 2.34. The molecule has 1 aliphatic heterocycles. The Bertz CT molecular complexity index is 1100. The van der Waals surface area contributed by atoms with Crippen LogP contribution in [-0.4, -0.2) is 51.6 Å². The van der Waals surface area contributed by atoms with Crippen molar-refractivity contribution in [2.45, 2.75) is 37.5 Å². The van der Waals surface area contributed by atoms with Gasteiger partial charge in [0.2, 0.25) is 20.0 Å². The molecule has 28 heavy (non-hydrogen) atoms. The average Bonchev–Trinajstić information content (AvgIpc) is 2.65. The maximum atomic E-state index is 13.0. The predicted octanol–water partition coefficient (Wildman–Crippen LogP) is 2.62. The summed E-state index contributed by atoms with van der Waals surface area (Å²) in [7, 11) is -7.29. The molecule has 0 atom stereocenters. The molecule has 0 unspecified atom stereocenters. The van der Waals surface area contributed by atoms with E-state index in [4.69, 9.17) is 0 Å². The summed E-state index contributed by atoms with van der Waals surface area (Å²) in [5, 5.41) is 0. The second-order valence-corrected chi connectivity index (χ2v) is 11.2. The van der Waals surface area contributed by atoms with E-state index >= 15 is 0 Å². The largest absolute Gasteiger partial charge is 0.243 e. The lowest BCUT2D eigenvalue weighted by Crippen LogP contribution is -2.50. The molecular weight excluding hydrogens is 396 g/mol. The molecule has 0 radical (unpaired) electrons. The van der Waals surface area contributed by atoms with Crippen molar-refractivity contribution < 1.29 is 16.8 Å². The van der Waals surface area contributed by atoms with Gasteiger partial charge in [0.05, 0.1) is 9.79 Å². The van der Waals surface area contributed by atoms with E-state index in [9.17, 15) is 16.8 Å². The van der Waals surface area contributed by atoms with Gasteiger partial charge in [-0.05, 0) is 68.1 Å². The minimum absolute atomic E-state index is 0.138. The Morgan fingerprint density at radius 1 is 0.643 bits per heavy atom. The van der Waals surface area contributed by atoms with E-state index < -0.39 is 20.0 Å².